The fraction of sp³-hybridized carbons (Fsp3) is 0.455. The van der Waals surface area contributed by atoms with Crippen LogP contribution in [0, 0.1) is 0 Å². The molecule has 3 rings (SSSR count). The van der Waals surface area contributed by atoms with Crippen molar-refractivity contribution >= 4 is 28.3 Å². The SMILES string of the molecule is CC(C)(C)N(c1ccccc1)S(=O)(=O)c1cccc(B2OC(C)(C)C(C)(C)O2)c1. The zero-order valence-electron chi connectivity index (χ0n) is 18.3. The summed E-state index contributed by atoms with van der Waals surface area (Å²) in [4.78, 5) is 0.212. The molecule has 0 aromatic heterocycles. The fourth-order valence-electron chi connectivity index (χ4n) is 3.36. The van der Waals surface area contributed by atoms with Crippen molar-refractivity contribution in [2.75, 3.05) is 4.31 Å². The quantitative estimate of drug-likeness (QED) is 0.709. The van der Waals surface area contributed by atoms with Crippen LogP contribution in [0.5, 0.6) is 0 Å². The Hall–Kier alpha value is -1.83. The van der Waals surface area contributed by atoms with Crippen LogP contribution in [0.3, 0.4) is 0 Å². The average Bonchev–Trinajstić information content (AvgIpc) is 2.82. The summed E-state index contributed by atoms with van der Waals surface area (Å²) in [5.41, 5.74) is -0.310. The summed E-state index contributed by atoms with van der Waals surface area (Å²) in [7, 11) is -4.41. The molecule has 0 amide bonds. The maximum Gasteiger partial charge on any atom is 0.494 e. The summed E-state index contributed by atoms with van der Waals surface area (Å²) >= 11 is 0. The summed E-state index contributed by atoms with van der Waals surface area (Å²) in [5.74, 6) is 0. The molecule has 0 radical (unpaired) electrons. The number of benzene rings is 2. The molecule has 1 saturated heterocycles. The Morgan fingerprint density at radius 1 is 0.862 bits per heavy atom. The van der Waals surface area contributed by atoms with Gasteiger partial charge in [-0.1, -0.05) is 30.3 Å². The molecule has 1 aliphatic heterocycles. The molecule has 1 aliphatic rings. The van der Waals surface area contributed by atoms with Crippen molar-refractivity contribution in [2.24, 2.45) is 0 Å². The lowest BCUT2D eigenvalue weighted by Crippen LogP contribution is -2.46. The van der Waals surface area contributed by atoms with E-state index in [0.717, 1.165) is 0 Å². The molecule has 0 saturated carbocycles. The third-order valence-electron chi connectivity index (χ3n) is 5.52. The first kappa shape index (κ1) is 21.9. The molecule has 0 atom stereocenters. The number of nitrogens with zero attached hydrogens (tertiary/aromatic N) is 1. The van der Waals surface area contributed by atoms with E-state index in [1.165, 1.54) is 4.31 Å². The van der Waals surface area contributed by atoms with Crippen molar-refractivity contribution in [3.8, 4) is 0 Å². The largest absolute Gasteiger partial charge is 0.494 e. The van der Waals surface area contributed by atoms with E-state index in [0.29, 0.717) is 11.2 Å². The van der Waals surface area contributed by atoms with Crippen LogP contribution in [0.2, 0.25) is 0 Å². The number of para-hydroxylation sites is 1. The minimum atomic E-state index is -3.80. The predicted octanol–water partition coefficient (Wildman–Crippen LogP) is 3.98. The molecule has 0 bridgehead atoms. The lowest BCUT2D eigenvalue weighted by Gasteiger charge is -2.36. The fourth-order valence-corrected chi connectivity index (χ4v) is 5.22. The highest BCUT2D eigenvalue weighted by atomic mass is 32.2. The summed E-state index contributed by atoms with van der Waals surface area (Å²) in [6, 6.07) is 16.0. The van der Waals surface area contributed by atoms with Crippen LogP contribution < -0.4 is 9.77 Å². The van der Waals surface area contributed by atoms with Crippen molar-refractivity contribution in [3.05, 3.63) is 54.6 Å². The monoisotopic (exact) mass is 415 g/mol. The minimum absolute atomic E-state index is 0.212. The Morgan fingerprint density at radius 3 is 1.93 bits per heavy atom. The molecule has 0 unspecified atom stereocenters. The van der Waals surface area contributed by atoms with Gasteiger partial charge in [-0.25, -0.2) is 8.42 Å². The van der Waals surface area contributed by atoms with Gasteiger partial charge in [0, 0.05) is 5.54 Å². The van der Waals surface area contributed by atoms with E-state index in [9.17, 15) is 8.42 Å². The van der Waals surface area contributed by atoms with Crippen LogP contribution in [0.25, 0.3) is 0 Å². The summed E-state index contributed by atoms with van der Waals surface area (Å²) in [6.07, 6.45) is 0. The maximum absolute atomic E-state index is 13.6. The van der Waals surface area contributed by atoms with Crippen molar-refractivity contribution in [1.29, 1.82) is 0 Å². The van der Waals surface area contributed by atoms with E-state index in [4.69, 9.17) is 9.31 Å². The first-order valence-corrected chi connectivity index (χ1v) is 11.3. The van der Waals surface area contributed by atoms with Crippen LogP contribution in [0.15, 0.2) is 59.5 Å². The molecule has 156 valence electrons. The van der Waals surface area contributed by atoms with E-state index in [1.54, 1.807) is 30.3 Å². The first-order valence-electron chi connectivity index (χ1n) is 9.82. The number of hydrogen-bond acceptors (Lipinski definition) is 4. The highest BCUT2D eigenvalue weighted by Crippen LogP contribution is 2.37. The Labute approximate surface area is 175 Å². The molecular formula is C22H30BNO4S. The van der Waals surface area contributed by atoms with E-state index >= 15 is 0 Å². The minimum Gasteiger partial charge on any atom is -0.399 e. The van der Waals surface area contributed by atoms with Crippen LogP contribution >= 0.6 is 0 Å². The second-order valence-corrected chi connectivity index (χ2v) is 11.2. The predicted molar refractivity (Wildman–Crippen MR) is 118 cm³/mol. The zero-order chi connectivity index (χ0) is 21.7. The van der Waals surface area contributed by atoms with Gasteiger partial charge in [-0.15, -0.1) is 0 Å². The topological polar surface area (TPSA) is 55.8 Å². The van der Waals surface area contributed by atoms with Gasteiger partial charge < -0.3 is 9.31 Å². The lowest BCUT2D eigenvalue weighted by molar-refractivity contribution is 0.00578. The molecular weight excluding hydrogens is 385 g/mol. The van der Waals surface area contributed by atoms with Crippen LogP contribution in [-0.4, -0.2) is 32.3 Å². The van der Waals surface area contributed by atoms with Crippen LogP contribution in [0.1, 0.15) is 48.5 Å². The van der Waals surface area contributed by atoms with Gasteiger partial charge >= 0.3 is 7.12 Å². The lowest BCUT2D eigenvalue weighted by atomic mass is 9.79. The van der Waals surface area contributed by atoms with Gasteiger partial charge in [-0.05, 0) is 78.2 Å². The molecule has 0 N–H and O–H groups in total. The molecule has 2 aromatic carbocycles. The van der Waals surface area contributed by atoms with Crippen molar-refractivity contribution in [3.63, 3.8) is 0 Å². The van der Waals surface area contributed by atoms with Crippen molar-refractivity contribution in [1.82, 2.24) is 0 Å². The van der Waals surface area contributed by atoms with Gasteiger partial charge in [0.15, 0.2) is 0 Å². The molecule has 0 aliphatic carbocycles. The van der Waals surface area contributed by atoms with Crippen LogP contribution in [0.4, 0.5) is 5.69 Å². The van der Waals surface area contributed by atoms with E-state index in [-0.39, 0.29) is 4.90 Å². The van der Waals surface area contributed by atoms with Crippen molar-refractivity contribution in [2.45, 2.75) is 70.1 Å². The third kappa shape index (κ3) is 4.09. The molecule has 0 spiro atoms. The number of sulfonamides is 1. The van der Waals surface area contributed by atoms with E-state index in [1.807, 2.05) is 72.7 Å². The highest BCUT2D eigenvalue weighted by Gasteiger charge is 2.51. The average molecular weight is 415 g/mol. The Bertz CT molecular complexity index is 965. The number of rotatable bonds is 4. The van der Waals surface area contributed by atoms with Gasteiger partial charge in [0.2, 0.25) is 0 Å². The number of hydrogen-bond donors (Lipinski definition) is 0. The standard InChI is InChI=1S/C22H30BNO4S/c1-20(2,3)24(18-13-9-8-10-14-18)29(25,26)19-15-11-12-17(16-19)23-27-21(4,5)22(6,7)28-23/h8-16H,1-7H3. The van der Waals surface area contributed by atoms with Gasteiger partial charge in [0.1, 0.15) is 0 Å². The van der Waals surface area contributed by atoms with Crippen LogP contribution in [-0.2, 0) is 19.3 Å². The van der Waals surface area contributed by atoms with Gasteiger partial charge in [0.25, 0.3) is 10.0 Å². The Kier molecular flexibility index (Phi) is 5.39. The molecule has 2 aromatic rings. The highest BCUT2D eigenvalue weighted by molar-refractivity contribution is 7.93. The summed E-state index contributed by atoms with van der Waals surface area (Å²) in [6.45, 7) is 13.6. The first-order chi connectivity index (χ1) is 13.3. The van der Waals surface area contributed by atoms with Gasteiger partial charge in [-0.2, -0.15) is 0 Å². The molecule has 1 fully saturated rings. The molecule has 29 heavy (non-hydrogen) atoms. The zero-order valence-corrected chi connectivity index (χ0v) is 19.1. The number of anilines is 1. The molecule has 1 heterocycles. The molecule has 5 nitrogen and oxygen atoms in total. The second-order valence-electron chi connectivity index (χ2n) is 9.44. The van der Waals surface area contributed by atoms with Crippen molar-refractivity contribution < 1.29 is 17.7 Å². The van der Waals surface area contributed by atoms with Gasteiger partial charge in [0.05, 0.1) is 21.8 Å². The van der Waals surface area contributed by atoms with E-state index in [2.05, 4.69) is 0 Å². The van der Waals surface area contributed by atoms with E-state index < -0.39 is 33.9 Å². The van der Waals surface area contributed by atoms with Gasteiger partial charge in [-0.3, -0.25) is 4.31 Å². The second kappa shape index (κ2) is 7.15. The third-order valence-corrected chi connectivity index (χ3v) is 7.61. The maximum atomic E-state index is 13.6. The summed E-state index contributed by atoms with van der Waals surface area (Å²) < 4.78 is 41.0. The normalized spacial score (nSPS) is 18.7. The molecule has 7 heteroatoms. The Morgan fingerprint density at radius 2 is 1.41 bits per heavy atom. The smallest absolute Gasteiger partial charge is 0.399 e. The summed E-state index contributed by atoms with van der Waals surface area (Å²) in [5, 5.41) is 0. The Balaban J connectivity index is 2.03.